The maximum absolute atomic E-state index is 12.4. The van der Waals surface area contributed by atoms with Crippen LogP contribution in [-0.4, -0.2) is 43.0 Å². The molecule has 0 unspecified atom stereocenters. The fraction of sp³-hybridized carbons (Fsp3) is 0.435. The number of carbonyl (C=O) groups excluding carboxylic acids is 1. The van der Waals surface area contributed by atoms with Crippen LogP contribution in [0.1, 0.15) is 25.3 Å². The zero-order valence-corrected chi connectivity index (χ0v) is 17.5. The minimum absolute atomic E-state index is 0.173. The second kappa shape index (κ2) is 8.90. The second-order valence-corrected chi connectivity index (χ2v) is 7.37. The smallest absolute Gasteiger partial charge is 0.410 e. The Morgan fingerprint density at radius 3 is 2.55 bits per heavy atom. The highest BCUT2D eigenvalue weighted by Gasteiger charge is 2.58. The number of ether oxygens (including phenoxy) is 2. The molecule has 1 aliphatic heterocycles. The molecule has 1 fully saturated rings. The third-order valence-corrected chi connectivity index (χ3v) is 5.87. The molecule has 1 aromatic rings. The monoisotopic (exact) mass is 417 g/mol. The first kappa shape index (κ1) is 21.9. The van der Waals surface area contributed by atoms with Gasteiger partial charge in [0.15, 0.2) is 5.41 Å². The van der Waals surface area contributed by atoms with Crippen molar-refractivity contribution in [1.82, 2.24) is 4.90 Å². The Labute approximate surface area is 181 Å². The highest BCUT2D eigenvalue weighted by Crippen LogP contribution is 2.55. The van der Waals surface area contributed by atoms with E-state index < -0.39 is 29.3 Å². The van der Waals surface area contributed by atoms with Gasteiger partial charge in [-0.2, -0.15) is 15.8 Å². The molecule has 0 radical (unpaired) electrons. The molecule has 1 aromatic carbocycles. The lowest BCUT2D eigenvalue weighted by Crippen LogP contribution is -2.53. The van der Waals surface area contributed by atoms with Gasteiger partial charge in [-0.25, -0.2) is 4.79 Å². The third kappa shape index (κ3) is 3.49. The van der Waals surface area contributed by atoms with Crippen molar-refractivity contribution in [2.45, 2.75) is 19.8 Å². The summed E-state index contributed by atoms with van der Waals surface area (Å²) >= 11 is 0. The highest BCUT2D eigenvalue weighted by atomic mass is 16.6. The predicted molar refractivity (Wildman–Crippen MR) is 111 cm³/mol. The van der Waals surface area contributed by atoms with E-state index in [0.29, 0.717) is 23.5 Å². The van der Waals surface area contributed by atoms with Crippen molar-refractivity contribution in [2.24, 2.45) is 17.3 Å². The summed E-state index contributed by atoms with van der Waals surface area (Å²) in [4.78, 5) is 13.9. The van der Waals surface area contributed by atoms with Crippen LogP contribution in [0.2, 0.25) is 0 Å². The number of rotatable bonds is 4. The lowest BCUT2D eigenvalue weighted by molar-refractivity contribution is 0.0991. The number of hydrogen-bond donors (Lipinski definition) is 1. The maximum Gasteiger partial charge on any atom is 0.410 e. The minimum atomic E-state index is -1.87. The van der Waals surface area contributed by atoms with Gasteiger partial charge in [-0.15, -0.1) is 0 Å². The lowest BCUT2D eigenvalue weighted by atomic mass is 9.54. The predicted octanol–water partition coefficient (Wildman–Crippen LogP) is 3.39. The quantitative estimate of drug-likeness (QED) is 0.746. The number of nitrogens with zero attached hydrogens (tertiary/aromatic N) is 4. The summed E-state index contributed by atoms with van der Waals surface area (Å²) in [7, 11) is 0. The molecule has 8 nitrogen and oxygen atoms in total. The van der Waals surface area contributed by atoms with Crippen LogP contribution in [-0.2, 0) is 4.74 Å². The summed E-state index contributed by atoms with van der Waals surface area (Å²) in [5.74, 6) is -1.78. The van der Waals surface area contributed by atoms with E-state index in [4.69, 9.17) is 14.9 Å². The number of benzene rings is 1. The van der Waals surface area contributed by atoms with Crippen LogP contribution in [0.4, 0.5) is 4.79 Å². The van der Waals surface area contributed by atoms with E-state index >= 15 is 0 Å². The molecule has 0 spiro atoms. The topological polar surface area (TPSA) is 134 Å². The Kier molecular flexibility index (Phi) is 6.28. The van der Waals surface area contributed by atoms with Crippen LogP contribution in [0.5, 0.6) is 5.75 Å². The van der Waals surface area contributed by atoms with Gasteiger partial charge in [-0.1, -0.05) is 24.3 Å². The Bertz CT molecular complexity index is 1030. The van der Waals surface area contributed by atoms with Crippen molar-refractivity contribution in [3.05, 3.63) is 41.5 Å². The lowest BCUT2D eigenvalue weighted by Gasteiger charge is -2.47. The van der Waals surface area contributed by atoms with Gasteiger partial charge in [0.25, 0.3) is 0 Å². The van der Waals surface area contributed by atoms with Gasteiger partial charge in [0.05, 0.1) is 37.1 Å². The van der Waals surface area contributed by atoms with Crippen molar-refractivity contribution in [3.63, 3.8) is 0 Å². The molecule has 158 valence electrons. The van der Waals surface area contributed by atoms with Crippen LogP contribution in [0.25, 0.3) is 0 Å². The molecule has 31 heavy (non-hydrogen) atoms. The third-order valence-electron chi connectivity index (χ3n) is 5.87. The molecule has 8 heteroatoms. The molecule has 1 N–H and O–H groups in total. The largest absolute Gasteiger partial charge is 0.494 e. The minimum Gasteiger partial charge on any atom is -0.494 e. The molecule has 1 aliphatic carbocycles. The first-order valence-corrected chi connectivity index (χ1v) is 10.1. The standard InChI is InChI=1S/C23H23N5O3/c1-3-30-19-8-6-5-7-16(19)20-18-12-28(22(29)31-4-2)10-9-15(18)17(11-24)21(27)23(20,13-25)14-26/h5-9,17-18,20,27H,3-4,10,12H2,1-2H3/t17-,18-,20-/m1/s1. The van der Waals surface area contributed by atoms with Gasteiger partial charge in [-0.05, 0) is 25.5 Å². The van der Waals surface area contributed by atoms with Crippen molar-refractivity contribution in [1.29, 1.82) is 21.2 Å². The van der Waals surface area contributed by atoms with E-state index in [1.807, 2.05) is 19.1 Å². The number of nitriles is 3. The molecule has 3 rings (SSSR count). The molecule has 2 aliphatic rings. The van der Waals surface area contributed by atoms with Gasteiger partial charge in [0.1, 0.15) is 11.7 Å². The molecule has 1 saturated carbocycles. The van der Waals surface area contributed by atoms with Crippen molar-refractivity contribution in [3.8, 4) is 24.0 Å². The number of fused-ring (bicyclic) bond motifs is 1. The van der Waals surface area contributed by atoms with E-state index in [2.05, 4.69) is 6.07 Å². The fourth-order valence-electron chi connectivity index (χ4n) is 4.54. The zero-order valence-electron chi connectivity index (χ0n) is 17.5. The van der Waals surface area contributed by atoms with E-state index in [0.717, 1.165) is 0 Å². The van der Waals surface area contributed by atoms with Gasteiger partial charge < -0.3 is 19.8 Å². The average Bonchev–Trinajstić information content (AvgIpc) is 2.79. The van der Waals surface area contributed by atoms with Gasteiger partial charge in [-0.3, -0.25) is 0 Å². The summed E-state index contributed by atoms with van der Waals surface area (Å²) < 4.78 is 10.9. The summed E-state index contributed by atoms with van der Waals surface area (Å²) in [6.07, 6.45) is 1.26. The molecular formula is C23H23N5O3. The highest BCUT2D eigenvalue weighted by molar-refractivity contribution is 6.01. The second-order valence-electron chi connectivity index (χ2n) is 7.37. The number of amides is 1. The molecule has 0 bridgehead atoms. The molecule has 1 heterocycles. The fourth-order valence-corrected chi connectivity index (χ4v) is 4.54. The van der Waals surface area contributed by atoms with Crippen LogP contribution < -0.4 is 4.74 Å². The molecule has 1 amide bonds. The summed E-state index contributed by atoms with van der Waals surface area (Å²) in [5.41, 5.74) is -0.836. The Hall–Kier alpha value is -3.83. The van der Waals surface area contributed by atoms with Crippen LogP contribution in [0.3, 0.4) is 0 Å². The maximum atomic E-state index is 12.4. The summed E-state index contributed by atoms with van der Waals surface area (Å²) in [5, 5.41) is 38.7. The van der Waals surface area contributed by atoms with Crippen LogP contribution >= 0.6 is 0 Å². The van der Waals surface area contributed by atoms with Gasteiger partial charge in [0, 0.05) is 30.5 Å². The average molecular weight is 417 g/mol. The molecule has 0 aromatic heterocycles. The summed E-state index contributed by atoms with van der Waals surface area (Å²) in [6.45, 7) is 4.57. The van der Waals surface area contributed by atoms with E-state index in [1.165, 1.54) is 4.90 Å². The van der Waals surface area contributed by atoms with Crippen LogP contribution in [0.15, 0.2) is 35.9 Å². The van der Waals surface area contributed by atoms with Gasteiger partial charge >= 0.3 is 6.09 Å². The van der Waals surface area contributed by atoms with Crippen LogP contribution in [0, 0.1) is 56.7 Å². The first-order chi connectivity index (χ1) is 15.0. The van der Waals surface area contributed by atoms with Crippen molar-refractivity contribution in [2.75, 3.05) is 26.3 Å². The number of carbonyl (C=O) groups is 1. The normalized spacial score (nSPS) is 24.0. The number of hydrogen-bond acceptors (Lipinski definition) is 7. The van der Waals surface area contributed by atoms with Crippen molar-refractivity contribution >= 4 is 11.8 Å². The summed E-state index contributed by atoms with van der Waals surface area (Å²) in [6, 6.07) is 13.3. The Morgan fingerprint density at radius 2 is 1.94 bits per heavy atom. The molecule has 0 saturated heterocycles. The van der Waals surface area contributed by atoms with Crippen molar-refractivity contribution < 1.29 is 14.3 Å². The molecule has 3 atom stereocenters. The Balaban J connectivity index is 2.23. The van der Waals surface area contributed by atoms with E-state index in [-0.39, 0.29) is 25.4 Å². The van der Waals surface area contributed by atoms with E-state index in [9.17, 15) is 20.6 Å². The zero-order chi connectivity index (χ0) is 22.6. The number of nitrogens with one attached hydrogen (secondary N) is 1. The first-order valence-electron chi connectivity index (χ1n) is 10.1. The number of para-hydroxylation sites is 1. The van der Waals surface area contributed by atoms with E-state index in [1.54, 1.807) is 37.3 Å². The SMILES string of the molecule is CCOC(=O)N1CC=C2[C@@H](C#N)C(=N)C(C#N)(C#N)[C@H](c3ccccc3OCC)[C@@H]2C1. The Morgan fingerprint density at radius 1 is 1.23 bits per heavy atom. The van der Waals surface area contributed by atoms with Gasteiger partial charge in [0.2, 0.25) is 0 Å². The molecular weight excluding hydrogens is 394 g/mol.